The molecular weight excluding hydrogens is 587 g/mol. The first-order valence-electron chi connectivity index (χ1n) is 10.9. The van der Waals surface area contributed by atoms with Crippen molar-refractivity contribution in [2.24, 2.45) is 5.10 Å². The van der Waals surface area contributed by atoms with Crippen LogP contribution in [0.15, 0.2) is 35.4 Å². The number of halogens is 2. The molecule has 0 aliphatic rings. The Balaban J connectivity index is 2.06. The summed E-state index contributed by atoms with van der Waals surface area (Å²) >= 11 is 8.06. The van der Waals surface area contributed by atoms with Gasteiger partial charge in [0, 0.05) is 16.8 Å². The third kappa shape index (κ3) is 9.02. The summed E-state index contributed by atoms with van der Waals surface area (Å²) in [4.78, 5) is 36.1. The Morgan fingerprint density at radius 2 is 1.89 bits per heavy atom. The van der Waals surface area contributed by atoms with E-state index < -0.39 is 11.8 Å². The van der Waals surface area contributed by atoms with E-state index in [1.807, 2.05) is 26.8 Å². The van der Waals surface area contributed by atoms with Crippen molar-refractivity contribution in [3.8, 4) is 11.5 Å². The molecule has 0 saturated carbocycles. The van der Waals surface area contributed by atoms with E-state index in [2.05, 4.69) is 43.8 Å². The summed E-state index contributed by atoms with van der Waals surface area (Å²) in [5, 5.41) is 9.71. The van der Waals surface area contributed by atoms with Crippen molar-refractivity contribution < 1.29 is 23.9 Å². The summed E-state index contributed by atoms with van der Waals surface area (Å²) in [6, 6.07) is 8.52. The van der Waals surface area contributed by atoms with Crippen LogP contribution in [0.25, 0.3) is 0 Å². The molecule has 0 bridgehead atoms. The fraction of sp³-hybridized carbons (Fsp3) is 0.333. The predicted octanol–water partition coefficient (Wildman–Crippen LogP) is 4.03. The van der Waals surface area contributed by atoms with Gasteiger partial charge in [0.15, 0.2) is 18.1 Å². The molecule has 2 rings (SSSR count). The molecule has 188 valence electrons. The number of amides is 3. The number of hydrogen-bond donors (Lipinski definition) is 3. The maximum atomic E-state index is 12.4. The van der Waals surface area contributed by atoms with Crippen LogP contribution in [0.1, 0.15) is 38.3 Å². The molecule has 0 spiro atoms. The highest BCUT2D eigenvalue weighted by Crippen LogP contribution is 2.34. The normalized spacial score (nSPS) is 11.6. The fourth-order valence-electron chi connectivity index (χ4n) is 2.73. The number of ether oxygens (including phenoxy) is 2. The molecule has 0 heterocycles. The summed E-state index contributed by atoms with van der Waals surface area (Å²) in [6.07, 6.45) is 2.09. The summed E-state index contributed by atoms with van der Waals surface area (Å²) in [5.41, 5.74) is 4.29. The Kier molecular flexibility index (Phi) is 11.3. The van der Waals surface area contributed by atoms with Crippen LogP contribution in [0.3, 0.4) is 0 Å². The molecule has 2 aromatic rings. The molecule has 1 atom stereocenters. The Labute approximate surface area is 223 Å². The number of rotatable bonds is 10. The second-order valence-electron chi connectivity index (χ2n) is 7.54. The number of carbonyl (C=O) groups excluding carboxylic acids is 3. The largest absolute Gasteiger partial charge is 0.490 e. The number of carbonyl (C=O) groups is 3. The van der Waals surface area contributed by atoms with Crippen LogP contribution in [0.4, 0.5) is 5.69 Å². The standard InChI is InChI=1S/C24H28ClIN4O5/c1-5-15(4)28-23(32)24(33)30-27-12-16-9-18(26)22(20(10-16)34-6-2)35-13-21(31)29-19-11-17(25)8-7-14(19)3/h7-12,15H,5-6,13H2,1-4H3,(H,28,32)(H,29,31)(H,30,33)/b27-12-/t15-/m1/s1. The third-order valence-electron chi connectivity index (χ3n) is 4.73. The van der Waals surface area contributed by atoms with Crippen LogP contribution in [0.5, 0.6) is 11.5 Å². The first kappa shape index (κ1) is 28.4. The van der Waals surface area contributed by atoms with Gasteiger partial charge in [-0.15, -0.1) is 0 Å². The summed E-state index contributed by atoms with van der Waals surface area (Å²) in [6.45, 7) is 7.52. The van der Waals surface area contributed by atoms with Crippen molar-refractivity contribution in [2.45, 2.75) is 40.2 Å². The maximum Gasteiger partial charge on any atom is 0.329 e. The highest BCUT2D eigenvalue weighted by molar-refractivity contribution is 14.1. The van der Waals surface area contributed by atoms with E-state index >= 15 is 0 Å². The Morgan fingerprint density at radius 3 is 2.57 bits per heavy atom. The number of nitrogens with one attached hydrogen (secondary N) is 3. The molecule has 3 N–H and O–H groups in total. The van der Waals surface area contributed by atoms with Gasteiger partial charge in [-0.2, -0.15) is 5.10 Å². The lowest BCUT2D eigenvalue weighted by molar-refractivity contribution is -0.139. The van der Waals surface area contributed by atoms with Gasteiger partial charge in [-0.25, -0.2) is 5.43 Å². The molecule has 0 saturated heterocycles. The molecule has 0 aliphatic carbocycles. The highest BCUT2D eigenvalue weighted by atomic mass is 127. The van der Waals surface area contributed by atoms with Crippen LogP contribution >= 0.6 is 34.2 Å². The Hall–Kier alpha value is -2.86. The van der Waals surface area contributed by atoms with Crippen molar-refractivity contribution in [2.75, 3.05) is 18.5 Å². The van der Waals surface area contributed by atoms with Gasteiger partial charge in [-0.1, -0.05) is 24.6 Å². The van der Waals surface area contributed by atoms with E-state index in [9.17, 15) is 14.4 Å². The average molecular weight is 615 g/mol. The number of hydrogen-bond acceptors (Lipinski definition) is 6. The van der Waals surface area contributed by atoms with Crippen molar-refractivity contribution in [1.82, 2.24) is 10.7 Å². The quantitative estimate of drug-likeness (QED) is 0.162. The second kappa shape index (κ2) is 13.9. The molecule has 0 fully saturated rings. The summed E-state index contributed by atoms with van der Waals surface area (Å²) in [7, 11) is 0. The molecule has 11 heteroatoms. The monoisotopic (exact) mass is 614 g/mol. The molecule has 0 unspecified atom stereocenters. The molecule has 0 radical (unpaired) electrons. The minimum Gasteiger partial charge on any atom is -0.490 e. The van der Waals surface area contributed by atoms with Gasteiger partial charge in [0.1, 0.15) is 0 Å². The van der Waals surface area contributed by atoms with Gasteiger partial charge >= 0.3 is 11.8 Å². The molecule has 35 heavy (non-hydrogen) atoms. The zero-order valence-corrected chi connectivity index (χ0v) is 22.8. The molecule has 3 amide bonds. The van der Waals surface area contributed by atoms with Crippen LogP contribution in [-0.4, -0.2) is 43.2 Å². The molecule has 2 aromatic carbocycles. The number of hydrazone groups is 1. The number of nitrogens with zero attached hydrogens (tertiary/aromatic N) is 1. The van der Waals surface area contributed by atoms with Crippen LogP contribution in [-0.2, 0) is 14.4 Å². The lowest BCUT2D eigenvalue weighted by Crippen LogP contribution is -2.41. The average Bonchev–Trinajstić information content (AvgIpc) is 2.80. The van der Waals surface area contributed by atoms with Gasteiger partial charge in [-0.3, -0.25) is 14.4 Å². The topological polar surface area (TPSA) is 118 Å². The number of aryl methyl sites for hydroxylation is 1. The smallest absolute Gasteiger partial charge is 0.329 e. The van der Waals surface area contributed by atoms with E-state index in [0.717, 1.165) is 5.56 Å². The molecule has 0 aliphatic heterocycles. The lowest BCUT2D eigenvalue weighted by atomic mass is 10.2. The van der Waals surface area contributed by atoms with Gasteiger partial charge in [0.25, 0.3) is 5.91 Å². The van der Waals surface area contributed by atoms with E-state index in [4.69, 9.17) is 21.1 Å². The van der Waals surface area contributed by atoms with E-state index in [1.54, 1.807) is 31.2 Å². The maximum absolute atomic E-state index is 12.4. The number of anilines is 1. The first-order chi connectivity index (χ1) is 16.6. The fourth-order valence-corrected chi connectivity index (χ4v) is 3.68. The minimum atomic E-state index is -0.859. The van der Waals surface area contributed by atoms with Gasteiger partial charge in [0.05, 0.1) is 16.4 Å². The van der Waals surface area contributed by atoms with Gasteiger partial charge < -0.3 is 20.1 Å². The van der Waals surface area contributed by atoms with E-state index in [1.165, 1.54) is 6.21 Å². The molecular formula is C24H28ClIN4O5. The van der Waals surface area contributed by atoms with Gasteiger partial charge in [-0.05, 0) is 85.2 Å². The minimum absolute atomic E-state index is 0.114. The van der Waals surface area contributed by atoms with Crippen LogP contribution in [0.2, 0.25) is 5.02 Å². The Bertz CT molecular complexity index is 1110. The zero-order valence-electron chi connectivity index (χ0n) is 19.9. The first-order valence-corrected chi connectivity index (χ1v) is 12.4. The van der Waals surface area contributed by atoms with Crippen LogP contribution in [0, 0.1) is 10.5 Å². The van der Waals surface area contributed by atoms with Crippen molar-refractivity contribution in [1.29, 1.82) is 0 Å². The second-order valence-corrected chi connectivity index (χ2v) is 9.14. The van der Waals surface area contributed by atoms with Crippen molar-refractivity contribution in [3.63, 3.8) is 0 Å². The van der Waals surface area contributed by atoms with Crippen molar-refractivity contribution in [3.05, 3.63) is 50.1 Å². The Morgan fingerprint density at radius 1 is 1.14 bits per heavy atom. The zero-order chi connectivity index (χ0) is 26.0. The van der Waals surface area contributed by atoms with E-state index in [-0.39, 0.29) is 18.6 Å². The summed E-state index contributed by atoms with van der Waals surface area (Å²) < 4.78 is 12.1. The highest BCUT2D eigenvalue weighted by Gasteiger charge is 2.16. The van der Waals surface area contributed by atoms with E-state index in [0.29, 0.717) is 44.4 Å². The third-order valence-corrected chi connectivity index (χ3v) is 5.77. The predicted molar refractivity (Wildman–Crippen MR) is 144 cm³/mol. The lowest BCUT2D eigenvalue weighted by Gasteiger charge is -2.15. The molecule has 0 aromatic heterocycles. The SMILES string of the molecule is CCOc1cc(/C=N\NC(=O)C(=O)N[C@H](C)CC)cc(I)c1OCC(=O)Nc1cc(Cl)ccc1C. The number of benzene rings is 2. The summed E-state index contributed by atoms with van der Waals surface area (Å²) in [5.74, 6) is -1.15. The van der Waals surface area contributed by atoms with Gasteiger partial charge in [0.2, 0.25) is 0 Å². The van der Waals surface area contributed by atoms with Crippen LogP contribution < -0.4 is 25.5 Å². The van der Waals surface area contributed by atoms with Crippen molar-refractivity contribution >= 4 is 63.8 Å². The molecule has 9 nitrogen and oxygen atoms in total.